The monoisotopic (exact) mass is 304 g/mol. The van der Waals surface area contributed by atoms with Crippen molar-refractivity contribution >= 4 is 0 Å². The molecule has 3 atom stereocenters. The summed E-state index contributed by atoms with van der Waals surface area (Å²) in [6.07, 6.45) is 17.6. The van der Waals surface area contributed by atoms with E-state index in [-0.39, 0.29) is 25.6 Å². The number of aliphatic hydroxyl groups is 1. The second-order valence-corrected chi connectivity index (χ2v) is 4.20. The zero-order valence-electron chi connectivity index (χ0n) is 9.34. The number of hydrogen-bond acceptors (Lipinski definition) is 1. The van der Waals surface area contributed by atoms with Gasteiger partial charge in [0.2, 0.25) is 0 Å². The van der Waals surface area contributed by atoms with Gasteiger partial charge in [0.1, 0.15) is 0 Å². The molecule has 1 nitrogen and oxygen atoms in total. The average molecular weight is 304 g/mol. The SMILES string of the molecule is C[C@@H](O)C1=CC2C=CC1C2.[CH]1C=CC=C1.[Rh]. The summed E-state index contributed by atoms with van der Waals surface area (Å²) in [7, 11) is 0. The second kappa shape index (κ2) is 6.32. The Hall–Kier alpha value is -0.457. The van der Waals surface area contributed by atoms with Gasteiger partial charge in [0.05, 0.1) is 6.10 Å². The summed E-state index contributed by atoms with van der Waals surface area (Å²) in [5, 5.41) is 9.27. The van der Waals surface area contributed by atoms with Crippen molar-refractivity contribution in [3.8, 4) is 0 Å². The first-order valence-electron chi connectivity index (χ1n) is 5.52. The van der Waals surface area contributed by atoms with Crippen LogP contribution < -0.4 is 0 Å². The van der Waals surface area contributed by atoms with Gasteiger partial charge in [-0.1, -0.05) is 42.5 Å². The van der Waals surface area contributed by atoms with E-state index in [1.54, 1.807) is 0 Å². The Bertz CT molecular complexity index is 327. The van der Waals surface area contributed by atoms with Crippen molar-refractivity contribution in [2.24, 2.45) is 11.8 Å². The molecule has 0 aliphatic heterocycles. The molecular formula is C14H17ORh. The maximum absolute atomic E-state index is 9.27. The van der Waals surface area contributed by atoms with Crippen molar-refractivity contribution in [2.45, 2.75) is 19.4 Å². The Kier molecular flexibility index (Phi) is 5.38. The number of rotatable bonds is 1. The van der Waals surface area contributed by atoms with Crippen LogP contribution in [0.5, 0.6) is 0 Å². The van der Waals surface area contributed by atoms with E-state index in [0.29, 0.717) is 11.8 Å². The fraction of sp³-hybridized carbons (Fsp3) is 0.357. The summed E-state index contributed by atoms with van der Waals surface area (Å²) in [4.78, 5) is 0. The smallest absolute Gasteiger partial charge is 0.0727 e. The summed E-state index contributed by atoms with van der Waals surface area (Å²) in [5.41, 5.74) is 1.23. The summed E-state index contributed by atoms with van der Waals surface area (Å²) in [6.45, 7) is 1.85. The molecule has 0 spiro atoms. The second-order valence-electron chi connectivity index (χ2n) is 4.20. The molecule has 2 unspecified atom stereocenters. The molecule has 1 N–H and O–H groups in total. The molecule has 2 bridgehead atoms. The minimum atomic E-state index is -0.236. The number of aliphatic hydroxyl groups excluding tert-OH is 1. The van der Waals surface area contributed by atoms with Crippen LogP contribution in [-0.2, 0) is 19.5 Å². The largest absolute Gasteiger partial charge is 0.389 e. The third-order valence-electron chi connectivity index (χ3n) is 2.99. The zero-order valence-corrected chi connectivity index (χ0v) is 11.0. The molecule has 3 aliphatic rings. The molecule has 0 aromatic carbocycles. The molecule has 0 amide bonds. The summed E-state index contributed by atoms with van der Waals surface area (Å²) >= 11 is 0. The zero-order chi connectivity index (χ0) is 10.7. The van der Waals surface area contributed by atoms with Crippen LogP contribution in [0.3, 0.4) is 0 Å². The van der Waals surface area contributed by atoms with Crippen molar-refractivity contribution in [2.75, 3.05) is 0 Å². The van der Waals surface area contributed by atoms with Crippen molar-refractivity contribution in [1.82, 2.24) is 0 Å². The molecule has 0 saturated carbocycles. The van der Waals surface area contributed by atoms with Gasteiger partial charge in [0.25, 0.3) is 0 Å². The Balaban J connectivity index is 0.000000183. The van der Waals surface area contributed by atoms with Crippen LogP contribution in [-0.4, -0.2) is 11.2 Å². The molecule has 0 saturated heterocycles. The number of hydrogen-bond donors (Lipinski definition) is 1. The molecule has 3 aliphatic carbocycles. The fourth-order valence-corrected chi connectivity index (χ4v) is 2.24. The topological polar surface area (TPSA) is 20.2 Å². The van der Waals surface area contributed by atoms with E-state index >= 15 is 0 Å². The molecular weight excluding hydrogens is 287 g/mol. The van der Waals surface area contributed by atoms with Crippen molar-refractivity contribution < 1.29 is 24.6 Å². The number of fused-ring (bicyclic) bond motifs is 2. The van der Waals surface area contributed by atoms with Crippen molar-refractivity contribution in [1.29, 1.82) is 0 Å². The van der Waals surface area contributed by atoms with E-state index in [9.17, 15) is 5.11 Å². The van der Waals surface area contributed by atoms with E-state index in [4.69, 9.17) is 0 Å². The Morgan fingerprint density at radius 2 is 1.88 bits per heavy atom. The first-order valence-corrected chi connectivity index (χ1v) is 5.52. The molecule has 16 heavy (non-hydrogen) atoms. The van der Waals surface area contributed by atoms with Crippen LogP contribution in [0.2, 0.25) is 0 Å². The van der Waals surface area contributed by atoms with Crippen molar-refractivity contribution in [3.63, 3.8) is 0 Å². The minimum Gasteiger partial charge on any atom is -0.389 e. The van der Waals surface area contributed by atoms with Gasteiger partial charge in [0, 0.05) is 31.8 Å². The van der Waals surface area contributed by atoms with E-state index in [1.807, 2.05) is 37.6 Å². The summed E-state index contributed by atoms with van der Waals surface area (Å²) in [6, 6.07) is 0. The first-order chi connectivity index (χ1) is 7.27. The van der Waals surface area contributed by atoms with Gasteiger partial charge < -0.3 is 5.11 Å². The maximum Gasteiger partial charge on any atom is 0.0727 e. The van der Waals surface area contributed by atoms with Crippen LogP contribution >= 0.6 is 0 Å². The van der Waals surface area contributed by atoms with Gasteiger partial charge in [-0.05, 0) is 24.8 Å². The minimum absolute atomic E-state index is 0. The van der Waals surface area contributed by atoms with Crippen LogP contribution in [0.1, 0.15) is 13.3 Å². The first kappa shape index (κ1) is 13.6. The average Bonchev–Trinajstić information content (AvgIpc) is 2.97. The van der Waals surface area contributed by atoms with E-state index in [1.165, 1.54) is 12.0 Å². The maximum atomic E-state index is 9.27. The Morgan fingerprint density at radius 3 is 2.12 bits per heavy atom. The molecule has 2 heteroatoms. The fourth-order valence-electron chi connectivity index (χ4n) is 2.24. The standard InChI is InChI=1S/C9H12O.C5H5.Rh/c1-6(10)9-5-7-2-3-8(9)4-7;1-2-4-5-3-1;/h2-3,5-8,10H,4H2,1H3;1-5H;/t6-,7?,8?;;/m1../s1. The van der Waals surface area contributed by atoms with Crippen molar-refractivity contribution in [3.05, 3.63) is 54.5 Å². The van der Waals surface area contributed by atoms with E-state index < -0.39 is 0 Å². The predicted octanol–water partition coefficient (Wildman–Crippen LogP) is 2.81. The van der Waals surface area contributed by atoms with Gasteiger partial charge >= 0.3 is 0 Å². The van der Waals surface area contributed by atoms with E-state index in [0.717, 1.165) is 0 Å². The molecule has 0 aromatic heterocycles. The van der Waals surface area contributed by atoms with Gasteiger partial charge in [-0.3, -0.25) is 0 Å². The molecule has 0 aromatic rings. The molecule has 88 valence electrons. The van der Waals surface area contributed by atoms with Crippen LogP contribution in [0.4, 0.5) is 0 Å². The van der Waals surface area contributed by atoms with Gasteiger partial charge in [0.15, 0.2) is 0 Å². The van der Waals surface area contributed by atoms with E-state index in [2.05, 4.69) is 18.2 Å². The Morgan fingerprint density at radius 1 is 1.19 bits per heavy atom. The third-order valence-corrected chi connectivity index (χ3v) is 2.99. The normalized spacial score (nSPS) is 29.5. The van der Waals surface area contributed by atoms with Crippen LogP contribution in [0.15, 0.2) is 48.1 Å². The predicted molar refractivity (Wildman–Crippen MR) is 63.1 cm³/mol. The van der Waals surface area contributed by atoms with Gasteiger partial charge in [-0.25, -0.2) is 0 Å². The molecule has 2 radical (unpaired) electrons. The van der Waals surface area contributed by atoms with Gasteiger partial charge in [-0.2, -0.15) is 0 Å². The third kappa shape index (κ3) is 3.27. The summed E-state index contributed by atoms with van der Waals surface area (Å²) in [5.74, 6) is 1.19. The molecule has 0 heterocycles. The van der Waals surface area contributed by atoms with Crippen LogP contribution in [0, 0.1) is 18.3 Å². The van der Waals surface area contributed by atoms with Crippen LogP contribution in [0.25, 0.3) is 0 Å². The quantitative estimate of drug-likeness (QED) is 0.583. The Labute approximate surface area is 110 Å². The van der Waals surface area contributed by atoms with Gasteiger partial charge in [-0.15, -0.1) is 0 Å². The molecule has 3 rings (SSSR count). The number of allylic oxidation sites excluding steroid dienone is 7. The molecule has 0 fully saturated rings. The summed E-state index contributed by atoms with van der Waals surface area (Å²) < 4.78 is 0.